The van der Waals surface area contributed by atoms with E-state index in [0.29, 0.717) is 24.6 Å². The van der Waals surface area contributed by atoms with Gasteiger partial charge in [-0.3, -0.25) is 0 Å². The summed E-state index contributed by atoms with van der Waals surface area (Å²) in [4.78, 5) is 6.08. The Hall–Kier alpha value is -2.46. The lowest BCUT2D eigenvalue weighted by Crippen LogP contribution is -2.31. The van der Waals surface area contributed by atoms with Gasteiger partial charge in [-0.25, -0.2) is 13.4 Å². The molecule has 0 unspecified atom stereocenters. The van der Waals surface area contributed by atoms with Crippen molar-refractivity contribution in [2.75, 3.05) is 33.9 Å². The fraction of sp³-hybridized carbons (Fsp3) is 0.423. The van der Waals surface area contributed by atoms with Crippen LogP contribution in [-0.2, 0) is 21.3 Å². The molecule has 1 saturated heterocycles. The summed E-state index contributed by atoms with van der Waals surface area (Å²) in [5, 5.41) is 2.08. The number of aromatic nitrogens is 1. The van der Waals surface area contributed by atoms with Crippen LogP contribution in [-0.4, -0.2) is 51.2 Å². The Morgan fingerprint density at radius 1 is 0.943 bits per heavy atom. The molecule has 1 aromatic heterocycles. The van der Waals surface area contributed by atoms with Crippen LogP contribution >= 0.6 is 11.3 Å². The van der Waals surface area contributed by atoms with Crippen LogP contribution in [0.25, 0.3) is 11.3 Å². The first-order valence-electron chi connectivity index (χ1n) is 12.0. The number of nitrogens with zero attached hydrogens (tertiary/aromatic N) is 3. The van der Waals surface area contributed by atoms with Gasteiger partial charge in [-0.2, -0.15) is 4.31 Å². The SMILES string of the molecule is COCCCn1c(-c2ccc(S(=O)(=O)N3CCCCCC3)cc2)csc1=Nc1ccc(OC)cc1. The summed E-state index contributed by atoms with van der Waals surface area (Å²) in [7, 11) is -0.125. The molecule has 0 amide bonds. The van der Waals surface area contributed by atoms with Gasteiger partial charge in [-0.1, -0.05) is 25.0 Å². The predicted molar refractivity (Wildman–Crippen MR) is 140 cm³/mol. The van der Waals surface area contributed by atoms with Crippen molar-refractivity contribution in [1.82, 2.24) is 8.87 Å². The fourth-order valence-corrected chi connectivity index (χ4v) is 6.70. The standard InChI is InChI=1S/C26H33N3O4S2/c1-32-19-7-18-29-25(20-34-26(29)27-22-10-12-23(33-2)13-11-22)21-8-14-24(15-9-21)35(30,31)28-16-5-3-4-6-17-28/h8-15,20H,3-7,16-19H2,1-2H3. The monoisotopic (exact) mass is 515 g/mol. The van der Waals surface area contributed by atoms with Crippen molar-refractivity contribution in [3.05, 3.63) is 58.7 Å². The largest absolute Gasteiger partial charge is 0.497 e. The molecule has 188 valence electrons. The Morgan fingerprint density at radius 3 is 2.26 bits per heavy atom. The third-order valence-corrected chi connectivity index (χ3v) is 8.95. The minimum atomic E-state index is -3.47. The summed E-state index contributed by atoms with van der Waals surface area (Å²) < 4.78 is 40.7. The lowest BCUT2D eigenvalue weighted by atomic mass is 10.2. The molecule has 2 heterocycles. The quantitative estimate of drug-likeness (QED) is 0.374. The number of sulfonamides is 1. The first-order chi connectivity index (χ1) is 17.0. The first kappa shape index (κ1) is 25.6. The second-order valence-corrected chi connectivity index (χ2v) is 11.3. The highest BCUT2D eigenvalue weighted by Crippen LogP contribution is 2.26. The molecule has 0 bridgehead atoms. The smallest absolute Gasteiger partial charge is 0.243 e. The maximum Gasteiger partial charge on any atom is 0.243 e. The summed E-state index contributed by atoms with van der Waals surface area (Å²) in [5.74, 6) is 0.791. The van der Waals surface area contributed by atoms with Crippen LogP contribution < -0.4 is 9.54 Å². The Bertz CT molecular complexity index is 1260. The number of benzene rings is 2. The number of methoxy groups -OCH3 is 2. The van der Waals surface area contributed by atoms with Crippen LogP contribution in [0, 0.1) is 0 Å². The molecule has 1 aliphatic rings. The highest BCUT2D eigenvalue weighted by molar-refractivity contribution is 7.89. The molecule has 0 N–H and O–H groups in total. The Kier molecular flexibility index (Phi) is 8.78. The molecule has 9 heteroatoms. The number of rotatable bonds is 9. The Morgan fingerprint density at radius 2 is 1.63 bits per heavy atom. The van der Waals surface area contributed by atoms with Crippen molar-refractivity contribution in [2.24, 2.45) is 4.99 Å². The molecule has 7 nitrogen and oxygen atoms in total. The molecule has 0 radical (unpaired) electrons. The van der Waals surface area contributed by atoms with Crippen molar-refractivity contribution in [3.8, 4) is 17.0 Å². The van der Waals surface area contributed by atoms with Crippen molar-refractivity contribution in [2.45, 2.75) is 43.5 Å². The summed E-state index contributed by atoms with van der Waals surface area (Å²) in [6.45, 7) is 2.60. The molecule has 0 atom stereocenters. The normalized spacial score (nSPS) is 15.8. The van der Waals surface area contributed by atoms with Crippen molar-refractivity contribution >= 4 is 27.0 Å². The highest BCUT2D eigenvalue weighted by Gasteiger charge is 2.25. The molecular weight excluding hydrogens is 482 g/mol. The number of hydrogen-bond acceptors (Lipinski definition) is 6. The second kappa shape index (κ2) is 12.0. The summed E-state index contributed by atoms with van der Waals surface area (Å²) in [5.41, 5.74) is 2.82. The van der Waals surface area contributed by atoms with Crippen LogP contribution in [0.4, 0.5) is 5.69 Å². The van der Waals surface area contributed by atoms with E-state index in [4.69, 9.17) is 14.5 Å². The fourth-order valence-electron chi connectivity index (χ4n) is 4.23. The first-order valence-corrected chi connectivity index (χ1v) is 14.3. The van der Waals surface area contributed by atoms with Gasteiger partial charge in [0, 0.05) is 38.7 Å². The molecule has 35 heavy (non-hydrogen) atoms. The van der Waals surface area contributed by atoms with E-state index in [-0.39, 0.29) is 0 Å². The number of hydrogen-bond donors (Lipinski definition) is 0. The average molecular weight is 516 g/mol. The molecule has 1 fully saturated rings. The van der Waals surface area contributed by atoms with E-state index in [9.17, 15) is 8.42 Å². The van der Waals surface area contributed by atoms with E-state index in [2.05, 4.69) is 9.95 Å². The zero-order valence-electron chi connectivity index (χ0n) is 20.4. The van der Waals surface area contributed by atoms with Gasteiger partial charge in [-0.05, 0) is 61.2 Å². The average Bonchev–Trinajstić information content (AvgIpc) is 3.07. The third kappa shape index (κ3) is 6.22. The second-order valence-electron chi connectivity index (χ2n) is 8.55. The topological polar surface area (TPSA) is 73.1 Å². The lowest BCUT2D eigenvalue weighted by molar-refractivity contribution is 0.190. The Labute approximate surface area is 211 Å². The molecule has 0 aliphatic carbocycles. The summed E-state index contributed by atoms with van der Waals surface area (Å²) in [6, 6.07) is 14.9. The summed E-state index contributed by atoms with van der Waals surface area (Å²) in [6.07, 6.45) is 4.88. The van der Waals surface area contributed by atoms with Crippen LogP contribution in [0.3, 0.4) is 0 Å². The van der Waals surface area contributed by atoms with Gasteiger partial charge >= 0.3 is 0 Å². The molecular formula is C26H33N3O4S2. The van der Waals surface area contributed by atoms with E-state index >= 15 is 0 Å². The van der Waals surface area contributed by atoms with Crippen LogP contribution in [0.2, 0.25) is 0 Å². The van der Waals surface area contributed by atoms with Crippen LogP contribution in [0.5, 0.6) is 5.75 Å². The van der Waals surface area contributed by atoms with Crippen molar-refractivity contribution < 1.29 is 17.9 Å². The molecule has 1 aliphatic heterocycles. The summed E-state index contributed by atoms with van der Waals surface area (Å²) >= 11 is 1.57. The molecule has 2 aromatic carbocycles. The number of thiazole rings is 1. The van der Waals surface area contributed by atoms with Gasteiger partial charge < -0.3 is 14.0 Å². The maximum absolute atomic E-state index is 13.2. The minimum absolute atomic E-state index is 0.354. The van der Waals surface area contributed by atoms with Gasteiger partial charge in [0.1, 0.15) is 5.75 Å². The molecule has 3 aromatic rings. The zero-order chi connectivity index (χ0) is 24.7. The third-order valence-electron chi connectivity index (χ3n) is 6.18. The minimum Gasteiger partial charge on any atom is -0.497 e. The van der Waals surface area contributed by atoms with Gasteiger partial charge in [-0.15, -0.1) is 11.3 Å². The predicted octanol–water partition coefficient (Wildman–Crippen LogP) is 5.06. The van der Waals surface area contributed by atoms with Gasteiger partial charge in [0.05, 0.1) is 23.4 Å². The maximum atomic E-state index is 13.2. The van der Waals surface area contributed by atoms with E-state index < -0.39 is 10.0 Å². The van der Waals surface area contributed by atoms with E-state index in [1.165, 1.54) is 0 Å². The van der Waals surface area contributed by atoms with Crippen LogP contribution in [0.15, 0.2) is 63.8 Å². The van der Waals surface area contributed by atoms with Crippen molar-refractivity contribution in [3.63, 3.8) is 0 Å². The van der Waals surface area contributed by atoms with E-state index in [1.807, 2.05) is 36.4 Å². The molecule has 4 rings (SSSR count). The van der Waals surface area contributed by atoms with Crippen LogP contribution in [0.1, 0.15) is 32.1 Å². The molecule has 0 spiro atoms. The molecule has 0 saturated carbocycles. The van der Waals surface area contributed by atoms with Gasteiger partial charge in [0.2, 0.25) is 10.0 Å². The van der Waals surface area contributed by atoms with Crippen molar-refractivity contribution in [1.29, 1.82) is 0 Å². The van der Waals surface area contributed by atoms with E-state index in [0.717, 1.165) is 66.1 Å². The zero-order valence-corrected chi connectivity index (χ0v) is 22.0. The Balaban J connectivity index is 1.65. The van der Waals surface area contributed by atoms with Gasteiger partial charge in [0.25, 0.3) is 0 Å². The number of ether oxygens (including phenoxy) is 2. The van der Waals surface area contributed by atoms with Gasteiger partial charge in [0.15, 0.2) is 4.80 Å². The highest BCUT2D eigenvalue weighted by atomic mass is 32.2. The van der Waals surface area contributed by atoms with E-state index in [1.54, 1.807) is 42.0 Å². The lowest BCUT2D eigenvalue weighted by Gasteiger charge is -2.20.